The van der Waals surface area contributed by atoms with Crippen molar-refractivity contribution in [3.63, 3.8) is 0 Å². The highest BCUT2D eigenvalue weighted by Gasteiger charge is 1.81. The molecule has 0 fully saturated rings. The Morgan fingerprint density at radius 1 is 1.06 bits per heavy atom. The van der Waals surface area contributed by atoms with Crippen molar-refractivity contribution in [2.45, 2.75) is 44.3 Å². The summed E-state index contributed by atoms with van der Waals surface area (Å²) in [5.41, 5.74) is 0. The van der Waals surface area contributed by atoms with Crippen LogP contribution in [0.25, 0.3) is 0 Å². The maximum atomic E-state index is 4.10. The molecule has 17 heavy (non-hydrogen) atoms. The first kappa shape index (κ1) is 19.6. The second-order valence-corrected chi connectivity index (χ2v) is 5.93. The summed E-state index contributed by atoms with van der Waals surface area (Å²) in [7, 11) is 0. The van der Waals surface area contributed by atoms with Crippen LogP contribution in [0.15, 0.2) is 35.2 Å². The Morgan fingerprint density at radius 2 is 1.41 bits per heavy atom. The van der Waals surface area contributed by atoms with Crippen molar-refractivity contribution in [1.29, 1.82) is 0 Å². The second-order valence-electron chi connectivity index (χ2n) is 4.17. The quantitative estimate of drug-likeness (QED) is 0.608. The SMILES string of the molecule is CC(C)CS.CCC(C)S.Sc1ccccc1. The van der Waals surface area contributed by atoms with Crippen LogP contribution in [0.4, 0.5) is 0 Å². The fourth-order valence-corrected chi connectivity index (χ4v) is 0.600. The van der Waals surface area contributed by atoms with Crippen LogP contribution < -0.4 is 0 Å². The summed E-state index contributed by atoms with van der Waals surface area (Å²) in [6.45, 7) is 8.50. The summed E-state index contributed by atoms with van der Waals surface area (Å²) in [5.74, 6) is 1.75. The Bertz CT molecular complexity index is 224. The smallest absolute Gasteiger partial charge is 0.00399 e. The Morgan fingerprint density at radius 3 is 1.53 bits per heavy atom. The zero-order valence-corrected chi connectivity index (χ0v) is 14.0. The minimum absolute atomic E-state index is 0.579. The molecule has 0 bridgehead atoms. The molecule has 1 aromatic carbocycles. The van der Waals surface area contributed by atoms with Gasteiger partial charge in [-0.25, -0.2) is 0 Å². The molecule has 0 saturated heterocycles. The Balaban J connectivity index is 0. The van der Waals surface area contributed by atoms with E-state index in [-0.39, 0.29) is 0 Å². The van der Waals surface area contributed by atoms with Crippen molar-refractivity contribution in [2.24, 2.45) is 5.92 Å². The molecule has 0 saturated carbocycles. The van der Waals surface area contributed by atoms with E-state index in [0.29, 0.717) is 5.25 Å². The Kier molecular flexibility index (Phi) is 16.5. The molecule has 0 nitrogen and oxygen atoms in total. The lowest BCUT2D eigenvalue weighted by molar-refractivity contribution is 0.753. The molecule has 3 heteroatoms. The lowest BCUT2D eigenvalue weighted by Crippen LogP contribution is -1.83. The van der Waals surface area contributed by atoms with Gasteiger partial charge in [0.2, 0.25) is 0 Å². The molecule has 0 amide bonds. The molecule has 1 aromatic rings. The van der Waals surface area contributed by atoms with E-state index in [1.807, 2.05) is 30.3 Å². The molecule has 0 N–H and O–H groups in total. The van der Waals surface area contributed by atoms with Crippen LogP contribution in [0.1, 0.15) is 34.1 Å². The fraction of sp³-hybridized carbons (Fsp3) is 0.571. The van der Waals surface area contributed by atoms with E-state index in [4.69, 9.17) is 0 Å². The second kappa shape index (κ2) is 14.3. The topological polar surface area (TPSA) is 0 Å². The van der Waals surface area contributed by atoms with Gasteiger partial charge in [-0.05, 0) is 35.5 Å². The van der Waals surface area contributed by atoms with E-state index >= 15 is 0 Å². The number of hydrogen-bond acceptors (Lipinski definition) is 3. The van der Waals surface area contributed by atoms with Crippen LogP contribution >= 0.6 is 37.9 Å². The van der Waals surface area contributed by atoms with Crippen LogP contribution in [0, 0.1) is 5.92 Å². The van der Waals surface area contributed by atoms with Gasteiger partial charge in [0.25, 0.3) is 0 Å². The van der Waals surface area contributed by atoms with Gasteiger partial charge in [-0.2, -0.15) is 25.3 Å². The predicted octanol–water partition coefficient (Wildman–Crippen LogP) is 5.26. The summed E-state index contributed by atoms with van der Waals surface area (Å²) in [5, 5.41) is 0.579. The Hall–Kier alpha value is 0.270. The van der Waals surface area contributed by atoms with Crippen molar-refractivity contribution < 1.29 is 0 Å². The first-order chi connectivity index (χ1) is 7.93. The molecule has 0 radical (unpaired) electrons. The third-order valence-corrected chi connectivity index (χ3v) is 3.11. The standard InChI is InChI=1S/C6H6S.2C4H10S/c7-6-4-2-1-3-5-6;1-4(2)3-5;1-3-4(2)5/h1-5,7H;2*4-5H,3H2,1-2H3. The molecule has 0 aliphatic carbocycles. The zero-order chi connectivity index (χ0) is 13.7. The minimum atomic E-state index is 0.579. The largest absolute Gasteiger partial charge is 0.179 e. The predicted molar refractivity (Wildman–Crippen MR) is 91.1 cm³/mol. The molecule has 0 aromatic heterocycles. The maximum Gasteiger partial charge on any atom is 0.00399 e. The summed E-state index contributed by atoms with van der Waals surface area (Å²) >= 11 is 12.2. The Labute approximate surface area is 124 Å². The summed E-state index contributed by atoms with van der Waals surface area (Å²) in [6, 6.07) is 9.79. The van der Waals surface area contributed by atoms with E-state index in [2.05, 4.69) is 65.6 Å². The van der Waals surface area contributed by atoms with Crippen molar-refractivity contribution in [1.82, 2.24) is 0 Å². The molecule has 100 valence electrons. The van der Waals surface area contributed by atoms with Gasteiger partial charge in [0.15, 0.2) is 0 Å². The van der Waals surface area contributed by atoms with Crippen LogP contribution in [0.5, 0.6) is 0 Å². The third kappa shape index (κ3) is 22.0. The zero-order valence-electron chi connectivity index (χ0n) is 11.3. The highest BCUT2D eigenvalue weighted by Crippen LogP contribution is 2.00. The highest BCUT2D eigenvalue weighted by atomic mass is 32.1. The lowest BCUT2D eigenvalue weighted by Gasteiger charge is -1.89. The first-order valence-corrected chi connectivity index (χ1v) is 7.56. The van der Waals surface area contributed by atoms with Gasteiger partial charge in [-0.1, -0.05) is 45.9 Å². The summed E-state index contributed by atoms with van der Waals surface area (Å²) in [4.78, 5) is 1.02. The number of rotatable bonds is 2. The van der Waals surface area contributed by atoms with Gasteiger partial charge < -0.3 is 0 Å². The van der Waals surface area contributed by atoms with Crippen molar-refractivity contribution in [3.05, 3.63) is 30.3 Å². The molecule has 1 rings (SSSR count). The van der Waals surface area contributed by atoms with Gasteiger partial charge in [-0.3, -0.25) is 0 Å². The average molecular weight is 291 g/mol. The molecule has 0 aliphatic rings. The number of benzene rings is 1. The number of thiol groups is 3. The fourth-order valence-electron chi connectivity index (χ4n) is 0.428. The molecule has 1 atom stereocenters. The molecule has 1 unspecified atom stereocenters. The van der Waals surface area contributed by atoms with Gasteiger partial charge in [0.05, 0.1) is 0 Å². The van der Waals surface area contributed by atoms with E-state index in [1.165, 1.54) is 6.42 Å². The molecular weight excluding hydrogens is 264 g/mol. The minimum Gasteiger partial charge on any atom is -0.179 e. The lowest BCUT2D eigenvalue weighted by atomic mass is 10.3. The average Bonchev–Trinajstić information content (AvgIpc) is 2.31. The van der Waals surface area contributed by atoms with Crippen LogP contribution in [-0.2, 0) is 0 Å². The van der Waals surface area contributed by atoms with E-state index in [9.17, 15) is 0 Å². The van der Waals surface area contributed by atoms with Gasteiger partial charge in [0, 0.05) is 4.90 Å². The van der Waals surface area contributed by atoms with Gasteiger partial charge >= 0.3 is 0 Å². The molecular formula is C14H26S3. The summed E-state index contributed by atoms with van der Waals surface area (Å²) < 4.78 is 0. The molecule has 0 aliphatic heterocycles. The van der Waals surface area contributed by atoms with E-state index in [1.54, 1.807) is 0 Å². The van der Waals surface area contributed by atoms with E-state index in [0.717, 1.165) is 16.6 Å². The molecule has 0 heterocycles. The third-order valence-electron chi connectivity index (χ3n) is 1.71. The van der Waals surface area contributed by atoms with Crippen molar-refractivity contribution in [3.8, 4) is 0 Å². The van der Waals surface area contributed by atoms with Gasteiger partial charge in [-0.15, -0.1) is 12.6 Å². The normalized spacial score (nSPS) is 10.8. The first-order valence-electron chi connectivity index (χ1n) is 5.96. The molecule has 0 spiro atoms. The van der Waals surface area contributed by atoms with Crippen LogP contribution in [0.2, 0.25) is 0 Å². The van der Waals surface area contributed by atoms with Crippen LogP contribution in [0.3, 0.4) is 0 Å². The monoisotopic (exact) mass is 290 g/mol. The van der Waals surface area contributed by atoms with Crippen molar-refractivity contribution >= 4 is 37.9 Å². The number of hydrogen-bond donors (Lipinski definition) is 3. The highest BCUT2D eigenvalue weighted by molar-refractivity contribution is 7.81. The maximum absolute atomic E-state index is 4.10. The van der Waals surface area contributed by atoms with Crippen LogP contribution in [-0.4, -0.2) is 11.0 Å². The van der Waals surface area contributed by atoms with Gasteiger partial charge in [0.1, 0.15) is 0 Å². The van der Waals surface area contributed by atoms with E-state index < -0.39 is 0 Å². The summed E-state index contributed by atoms with van der Waals surface area (Å²) in [6.07, 6.45) is 1.17. The van der Waals surface area contributed by atoms with Crippen molar-refractivity contribution in [2.75, 3.05) is 5.75 Å².